The molecule has 7 nitrogen and oxygen atoms in total. The fourth-order valence-corrected chi connectivity index (χ4v) is 5.87. The van der Waals surface area contributed by atoms with Gasteiger partial charge in [-0.3, -0.25) is 0 Å². The number of ether oxygens (including phenoxy) is 4. The third-order valence-electron chi connectivity index (χ3n) is 7.92. The Bertz CT molecular complexity index is 698. The van der Waals surface area contributed by atoms with Crippen LogP contribution in [0.15, 0.2) is 11.6 Å². The van der Waals surface area contributed by atoms with Crippen molar-refractivity contribution >= 4 is 6.09 Å². The zero-order valence-electron chi connectivity index (χ0n) is 20.5. The molecule has 1 N–H and O–H groups in total. The molecule has 1 aliphatic carbocycles. The molecule has 0 bridgehead atoms. The minimum Gasteiger partial charge on any atom is -0.443 e. The quantitative estimate of drug-likeness (QED) is 0.312. The standard InChI is InChI=1S/C25H42N2O5/c1-6-26-13-7-8-18-14-27(15-18)23(28)31-19-11-12-25(16-30-25)22(21(19)29-5)24(4)20(32-24)10-9-17(2)3/h9,18-22,26H,6-8,10-16H2,1-5H3/t19?,20-,21?,22?,24+,25?/m1/s1. The summed E-state index contributed by atoms with van der Waals surface area (Å²) in [5, 5.41) is 3.36. The van der Waals surface area contributed by atoms with E-state index in [1.54, 1.807) is 7.11 Å². The van der Waals surface area contributed by atoms with Gasteiger partial charge in [0.2, 0.25) is 0 Å². The molecule has 4 aliphatic rings. The van der Waals surface area contributed by atoms with Crippen LogP contribution in [0.1, 0.15) is 59.8 Å². The van der Waals surface area contributed by atoms with Crippen LogP contribution in [0, 0.1) is 11.8 Å². The summed E-state index contributed by atoms with van der Waals surface area (Å²) in [7, 11) is 1.72. The van der Waals surface area contributed by atoms with Gasteiger partial charge in [0.15, 0.2) is 0 Å². The van der Waals surface area contributed by atoms with Crippen molar-refractivity contribution in [2.75, 3.05) is 39.9 Å². The van der Waals surface area contributed by atoms with Gasteiger partial charge in [0.05, 0.1) is 18.6 Å². The topological polar surface area (TPSA) is 75.9 Å². The maximum atomic E-state index is 12.8. The van der Waals surface area contributed by atoms with E-state index in [-0.39, 0.29) is 41.5 Å². The molecule has 1 saturated carbocycles. The molecule has 7 heteroatoms. The van der Waals surface area contributed by atoms with Crippen LogP contribution in [0.3, 0.4) is 0 Å². The predicted octanol–water partition coefficient (Wildman–Crippen LogP) is 3.52. The van der Waals surface area contributed by atoms with Gasteiger partial charge in [-0.05, 0) is 71.9 Å². The molecule has 0 aromatic rings. The lowest BCUT2D eigenvalue weighted by molar-refractivity contribution is -0.124. The number of epoxide rings is 2. The van der Waals surface area contributed by atoms with Crippen LogP contribution >= 0.6 is 0 Å². The maximum absolute atomic E-state index is 12.8. The van der Waals surface area contributed by atoms with E-state index in [0.29, 0.717) is 5.92 Å². The van der Waals surface area contributed by atoms with Gasteiger partial charge in [0.1, 0.15) is 23.4 Å². The summed E-state index contributed by atoms with van der Waals surface area (Å²) in [5.41, 5.74) is 0.808. The third-order valence-corrected chi connectivity index (χ3v) is 7.92. The molecule has 1 spiro atoms. The van der Waals surface area contributed by atoms with E-state index in [0.717, 1.165) is 64.9 Å². The Morgan fingerprint density at radius 3 is 2.69 bits per heavy atom. The molecular weight excluding hydrogens is 408 g/mol. The molecule has 0 aromatic carbocycles. The van der Waals surface area contributed by atoms with Gasteiger partial charge >= 0.3 is 6.09 Å². The largest absolute Gasteiger partial charge is 0.443 e. The van der Waals surface area contributed by atoms with Crippen molar-refractivity contribution in [1.82, 2.24) is 10.2 Å². The van der Waals surface area contributed by atoms with Crippen LogP contribution in [0.5, 0.6) is 0 Å². The Morgan fingerprint density at radius 2 is 2.06 bits per heavy atom. The second-order valence-electron chi connectivity index (χ2n) is 10.6. The molecular formula is C25H42N2O5. The fourth-order valence-electron chi connectivity index (χ4n) is 5.87. The lowest BCUT2D eigenvalue weighted by Crippen LogP contribution is -2.57. The molecule has 1 amide bonds. The number of carbonyl (C=O) groups excluding carboxylic acids is 1. The normalized spacial score (nSPS) is 38.3. The molecule has 182 valence electrons. The van der Waals surface area contributed by atoms with Crippen molar-refractivity contribution in [2.24, 2.45) is 11.8 Å². The summed E-state index contributed by atoms with van der Waals surface area (Å²) in [5.74, 6) is 0.661. The first kappa shape index (κ1) is 24.0. The van der Waals surface area contributed by atoms with Crippen molar-refractivity contribution in [2.45, 2.75) is 89.3 Å². The van der Waals surface area contributed by atoms with E-state index in [9.17, 15) is 4.79 Å². The number of carbonyl (C=O) groups is 1. The monoisotopic (exact) mass is 450 g/mol. The number of amides is 1. The van der Waals surface area contributed by atoms with Crippen molar-refractivity contribution in [3.63, 3.8) is 0 Å². The minimum atomic E-state index is -0.303. The van der Waals surface area contributed by atoms with Gasteiger partial charge in [-0.25, -0.2) is 4.79 Å². The van der Waals surface area contributed by atoms with Crippen LogP contribution < -0.4 is 5.32 Å². The molecule has 4 unspecified atom stereocenters. The van der Waals surface area contributed by atoms with Crippen LogP contribution in [0.25, 0.3) is 0 Å². The molecule has 3 saturated heterocycles. The number of hydrogen-bond donors (Lipinski definition) is 1. The predicted molar refractivity (Wildman–Crippen MR) is 123 cm³/mol. The number of hydrogen-bond acceptors (Lipinski definition) is 6. The molecule has 3 aliphatic heterocycles. The summed E-state index contributed by atoms with van der Waals surface area (Å²) >= 11 is 0. The summed E-state index contributed by atoms with van der Waals surface area (Å²) in [4.78, 5) is 14.7. The maximum Gasteiger partial charge on any atom is 0.410 e. The minimum absolute atomic E-state index is 0.0670. The fraction of sp³-hybridized carbons (Fsp3) is 0.880. The Balaban J connectivity index is 1.32. The zero-order chi connectivity index (χ0) is 22.9. The molecule has 4 fully saturated rings. The number of allylic oxidation sites excluding steroid dienone is 1. The number of likely N-dealkylation sites (tertiary alicyclic amines) is 1. The molecule has 3 heterocycles. The average Bonchev–Trinajstić information content (AvgIpc) is 3.63. The van der Waals surface area contributed by atoms with E-state index in [4.69, 9.17) is 18.9 Å². The number of methoxy groups -OCH3 is 1. The number of nitrogens with zero attached hydrogens (tertiary/aromatic N) is 1. The number of rotatable bonds is 10. The van der Waals surface area contributed by atoms with Gasteiger partial charge in [0, 0.05) is 20.2 Å². The third kappa shape index (κ3) is 4.86. The molecule has 0 aromatic heterocycles. The number of nitrogens with one attached hydrogen (secondary N) is 1. The smallest absolute Gasteiger partial charge is 0.410 e. The van der Waals surface area contributed by atoms with Crippen molar-refractivity contribution in [3.05, 3.63) is 11.6 Å². The lowest BCUT2D eigenvalue weighted by atomic mass is 9.68. The van der Waals surface area contributed by atoms with Crippen molar-refractivity contribution < 1.29 is 23.7 Å². The molecule has 6 atom stereocenters. The second kappa shape index (κ2) is 9.61. The first-order valence-electron chi connectivity index (χ1n) is 12.5. The summed E-state index contributed by atoms with van der Waals surface area (Å²) in [6.45, 7) is 12.9. The van der Waals surface area contributed by atoms with Crippen LogP contribution in [0.2, 0.25) is 0 Å². The first-order valence-corrected chi connectivity index (χ1v) is 12.5. The molecule has 4 rings (SSSR count). The van der Waals surface area contributed by atoms with Crippen LogP contribution in [-0.4, -0.2) is 80.4 Å². The Labute approximate surface area is 193 Å². The summed E-state index contributed by atoms with van der Waals surface area (Å²) in [6.07, 6.45) is 6.60. The Morgan fingerprint density at radius 1 is 1.31 bits per heavy atom. The molecule has 0 radical (unpaired) electrons. The van der Waals surface area contributed by atoms with Gasteiger partial charge in [0.25, 0.3) is 0 Å². The van der Waals surface area contributed by atoms with Crippen LogP contribution in [0.4, 0.5) is 4.79 Å². The Kier molecular flexibility index (Phi) is 7.20. The highest BCUT2D eigenvalue weighted by Gasteiger charge is 2.72. The highest BCUT2D eigenvalue weighted by Crippen LogP contribution is 2.59. The van der Waals surface area contributed by atoms with E-state index in [1.165, 1.54) is 5.57 Å². The zero-order valence-corrected chi connectivity index (χ0v) is 20.5. The second-order valence-corrected chi connectivity index (χ2v) is 10.6. The summed E-state index contributed by atoms with van der Waals surface area (Å²) < 4.78 is 24.2. The van der Waals surface area contributed by atoms with Crippen molar-refractivity contribution in [1.29, 1.82) is 0 Å². The van der Waals surface area contributed by atoms with Gasteiger partial charge < -0.3 is 29.2 Å². The van der Waals surface area contributed by atoms with Gasteiger partial charge in [-0.15, -0.1) is 0 Å². The highest BCUT2D eigenvalue weighted by atomic mass is 16.6. The van der Waals surface area contributed by atoms with Crippen LogP contribution in [-0.2, 0) is 18.9 Å². The SMILES string of the molecule is CCNCCCC1CN(C(=O)OC2CCC3(CO3)C([C@@]3(C)O[C@@H]3CC=C(C)C)C2OC)C1. The molecule has 32 heavy (non-hydrogen) atoms. The first-order chi connectivity index (χ1) is 15.3. The lowest BCUT2D eigenvalue weighted by Gasteiger charge is -2.44. The van der Waals surface area contributed by atoms with Gasteiger partial charge in [-0.2, -0.15) is 0 Å². The van der Waals surface area contributed by atoms with E-state index in [2.05, 4.69) is 39.1 Å². The van der Waals surface area contributed by atoms with E-state index >= 15 is 0 Å². The Hall–Kier alpha value is -1.15. The van der Waals surface area contributed by atoms with E-state index < -0.39 is 0 Å². The highest BCUT2D eigenvalue weighted by molar-refractivity contribution is 5.69. The van der Waals surface area contributed by atoms with E-state index in [1.807, 2.05) is 4.90 Å². The summed E-state index contributed by atoms with van der Waals surface area (Å²) in [6, 6.07) is 0. The average molecular weight is 451 g/mol. The van der Waals surface area contributed by atoms with Gasteiger partial charge in [-0.1, -0.05) is 18.6 Å². The van der Waals surface area contributed by atoms with Crippen molar-refractivity contribution in [3.8, 4) is 0 Å².